The molecule has 0 fully saturated rings. The molecule has 0 aliphatic rings. The van der Waals surface area contributed by atoms with E-state index >= 15 is 0 Å². The van der Waals surface area contributed by atoms with Gasteiger partial charge in [0.15, 0.2) is 0 Å². The van der Waals surface area contributed by atoms with E-state index in [0.29, 0.717) is 0 Å². The molecule has 1 aromatic heterocycles. The zero-order chi connectivity index (χ0) is 19.6. The summed E-state index contributed by atoms with van der Waals surface area (Å²) in [6.45, 7) is 5.89. The second kappa shape index (κ2) is 17.2. The van der Waals surface area contributed by atoms with Gasteiger partial charge in [0.25, 0.3) is 0 Å². The van der Waals surface area contributed by atoms with E-state index < -0.39 is 6.10 Å². The molecular weight excluding hydrogens is 332 g/mol. The molecule has 0 aliphatic heterocycles. The van der Waals surface area contributed by atoms with Crippen LogP contribution >= 0.6 is 0 Å². The maximum atomic E-state index is 9.58. The molecule has 1 rings (SSSR count). The van der Waals surface area contributed by atoms with E-state index in [-0.39, 0.29) is 0 Å². The Labute approximate surface area is 168 Å². The van der Waals surface area contributed by atoms with Gasteiger partial charge in [0, 0.05) is 6.54 Å². The van der Waals surface area contributed by atoms with E-state index in [4.69, 9.17) is 0 Å². The third-order valence-corrected chi connectivity index (χ3v) is 5.27. The van der Waals surface area contributed by atoms with Crippen molar-refractivity contribution >= 4 is 0 Å². The van der Waals surface area contributed by atoms with E-state index in [1.165, 1.54) is 89.9 Å². The summed E-state index contributed by atoms with van der Waals surface area (Å²) in [5.41, 5.74) is 1.77. The van der Waals surface area contributed by atoms with Crippen LogP contribution in [0.5, 0.6) is 0 Å². The fraction of sp³-hybridized carbons (Fsp3) is 0.792. The van der Waals surface area contributed by atoms with Gasteiger partial charge in [0.2, 0.25) is 0 Å². The van der Waals surface area contributed by atoms with Crippen LogP contribution in [-0.2, 0) is 6.54 Å². The van der Waals surface area contributed by atoms with Crippen LogP contribution in [-0.4, -0.2) is 16.6 Å². The molecule has 3 heteroatoms. The summed E-state index contributed by atoms with van der Waals surface area (Å²) in [5, 5.41) is 13.0. The van der Waals surface area contributed by atoms with Crippen molar-refractivity contribution in [2.75, 3.05) is 6.54 Å². The number of nitrogens with one attached hydrogen (secondary N) is 1. The lowest BCUT2D eigenvalue weighted by atomic mass is 10.0. The van der Waals surface area contributed by atoms with Crippen molar-refractivity contribution in [2.24, 2.45) is 0 Å². The average molecular weight is 377 g/mol. The van der Waals surface area contributed by atoms with Gasteiger partial charge < -0.3 is 10.4 Å². The molecule has 0 amide bonds. The van der Waals surface area contributed by atoms with Crippen LogP contribution in [0.25, 0.3) is 0 Å². The van der Waals surface area contributed by atoms with Gasteiger partial charge in [0.1, 0.15) is 0 Å². The molecule has 3 nitrogen and oxygen atoms in total. The Morgan fingerprint density at radius 1 is 0.815 bits per heavy atom. The maximum absolute atomic E-state index is 9.58. The monoisotopic (exact) mass is 376 g/mol. The second-order valence-corrected chi connectivity index (χ2v) is 8.00. The molecule has 1 unspecified atom stereocenters. The first kappa shape index (κ1) is 24.1. The number of hydrogen-bond acceptors (Lipinski definition) is 3. The van der Waals surface area contributed by atoms with Crippen LogP contribution in [0.1, 0.15) is 121 Å². The highest BCUT2D eigenvalue weighted by Crippen LogP contribution is 2.13. The number of rotatable bonds is 18. The van der Waals surface area contributed by atoms with E-state index in [1.54, 1.807) is 6.92 Å². The smallest absolute Gasteiger partial charge is 0.0931 e. The van der Waals surface area contributed by atoms with Gasteiger partial charge in [-0.05, 0) is 32.0 Å². The number of unbranched alkanes of at least 4 members (excludes halogenated alkanes) is 13. The van der Waals surface area contributed by atoms with Crippen molar-refractivity contribution in [1.29, 1.82) is 0 Å². The predicted octanol–water partition coefficient (Wildman–Crippen LogP) is 6.71. The normalized spacial score (nSPS) is 12.4. The van der Waals surface area contributed by atoms with E-state index in [0.717, 1.165) is 24.5 Å². The minimum absolute atomic E-state index is 0.490. The summed E-state index contributed by atoms with van der Waals surface area (Å²) in [6.07, 6.45) is 19.1. The van der Waals surface area contributed by atoms with Gasteiger partial charge >= 0.3 is 0 Å². The van der Waals surface area contributed by atoms with Crippen LogP contribution in [0.15, 0.2) is 18.2 Å². The number of hydrogen-bond donors (Lipinski definition) is 2. The van der Waals surface area contributed by atoms with Crippen LogP contribution in [0.2, 0.25) is 0 Å². The highest BCUT2D eigenvalue weighted by molar-refractivity contribution is 5.12. The van der Waals surface area contributed by atoms with Gasteiger partial charge in [0.05, 0.1) is 17.5 Å². The van der Waals surface area contributed by atoms with Crippen molar-refractivity contribution in [3.63, 3.8) is 0 Å². The molecule has 1 aromatic rings. The molecule has 2 N–H and O–H groups in total. The molecule has 0 spiro atoms. The fourth-order valence-electron chi connectivity index (χ4n) is 3.49. The lowest BCUT2D eigenvalue weighted by Crippen LogP contribution is -2.16. The first-order valence-corrected chi connectivity index (χ1v) is 11.6. The minimum atomic E-state index is -0.490. The molecule has 0 saturated carbocycles. The van der Waals surface area contributed by atoms with Gasteiger partial charge in [-0.3, -0.25) is 4.98 Å². The topological polar surface area (TPSA) is 45.1 Å². The third kappa shape index (κ3) is 13.8. The van der Waals surface area contributed by atoms with E-state index in [1.807, 2.05) is 18.2 Å². The van der Waals surface area contributed by atoms with Gasteiger partial charge in [-0.15, -0.1) is 0 Å². The Kier molecular flexibility index (Phi) is 15.3. The van der Waals surface area contributed by atoms with Gasteiger partial charge in [-0.2, -0.15) is 0 Å². The largest absolute Gasteiger partial charge is 0.387 e. The molecule has 0 bridgehead atoms. The molecular formula is C24H44N2O. The van der Waals surface area contributed by atoms with Crippen molar-refractivity contribution in [3.8, 4) is 0 Å². The van der Waals surface area contributed by atoms with E-state index in [2.05, 4.69) is 17.2 Å². The summed E-state index contributed by atoms with van der Waals surface area (Å²) in [4.78, 5) is 4.47. The van der Waals surface area contributed by atoms with Gasteiger partial charge in [-0.25, -0.2) is 0 Å². The molecule has 156 valence electrons. The van der Waals surface area contributed by atoms with Crippen molar-refractivity contribution in [2.45, 2.75) is 116 Å². The molecule has 0 saturated heterocycles. The Balaban J connectivity index is 1.82. The SMILES string of the molecule is CCCCCCCCCCCCCCCCNCc1cccc(C(C)O)n1. The van der Waals surface area contributed by atoms with Crippen molar-refractivity contribution in [3.05, 3.63) is 29.6 Å². The van der Waals surface area contributed by atoms with Crippen LogP contribution < -0.4 is 5.32 Å². The minimum Gasteiger partial charge on any atom is -0.387 e. The summed E-state index contributed by atoms with van der Waals surface area (Å²) in [6, 6.07) is 5.87. The van der Waals surface area contributed by atoms with E-state index in [9.17, 15) is 5.11 Å². The number of nitrogens with zero attached hydrogens (tertiary/aromatic N) is 1. The Morgan fingerprint density at radius 2 is 1.33 bits per heavy atom. The second-order valence-electron chi connectivity index (χ2n) is 8.00. The summed E-state index contributed by atoms with van der Waals surface area (Å²) < 4.78 is 0. The number of aliphatic hydroxyl groups excluding tert-OH is 1. The summed E-state index contributed by atoms with van der Waals surface area (Å²) in [7, 11) is 0. The number of pyridine rings is 1. The molecule has 27 heavy (non-hydrogen) atoms. The fourth-order valence-corrected chi connectivity index (χ4v) is 3.49. The Morgan fingerprint density at radius 3 is 1.85 bits per heavy atom. The average Bonchev–Trinajstić information content (AvgIpc) is 2.68. The lowest BCUT2D eigenvalue weighted by Gasteiger charge is -2.08. The molecule has 1 atom stereocenters. The van der Waals surface area contributed by atoms with Crippen LogP contribution in [0.4, 0.5) is 0 Å². The first-order valence-electron chi connectivity index (χ1n) is 11.6. The highest BCUT2D eigenvalue weighted by atomic mass is 16.3. The predicted molar refractivity (Wildman–Crippen MR) is 117 cm³/mol. The molecule has 0 aliphatic carbocycles. The van der Waals surface area contributed by atoms with Gasteiger partial charge in [-0.1, -0.05) is 96.5 Å². The number of aliphatic hydroxyl groups is 1. The standard InChI is InChI=1S/C24H44N2O/c1-3-4-5-6-7-8-9-10-11-12-13-14-15-16-20-25-21-23-18-17-19-24(26-23)22(2)27/h17-19,22,25,27H,3-16,20-21H2,1-2H3. The van der Waals surface area contributed by atoms with Crippen molar-refractivity contribution < 1.29 is 5.11 Å². The Bertz CT molecular complexity index is 448. The van der Waals surface area contributed by atoms with Crippen molar-refractivity contribution in [1.82, 2.24) is 10.3 Å². The molecule has 0 aromatic carbocycles. The first-order chi connectivity index (χ1) is 13.2. The highest BCUT2D eigenvalue weighted by Gasteiger charge is 2.03. The summed E-state index contributed by atoms with van der Waals surface area (Å²) >= 11 is 0. The van der Waals surface area contributed by atoms with Crippen LogP contribution in [0.3, 0.4) is 0 Å². The third-order valence-electron chi connectivity index (χ3n) is 5.27. The molecule has 1 heterocycles. The zero-order valence-corrected chi connectivity index (χ0v) is 18.0. The number of aromatic nitrogens is 1. The summed E-state index contributed by atoms with van der Waals surface area (Å²) in [5.74, 6) is 0. The quantitative estimate of drug-likeness (QED) is 0.280. The lowest BCUT2D eigenvalue weighted by molar-refractivity contribution is 0.194. The maximum Gasteiger partial charge on any atom is 0.0931 e. The Hall–Kier alpha value is -0.930. The zero-order valence-electron chi connectivity index (χ0n) is 18.0. The molecule has 0 radical (unpaired) electrons. The van der Waals surface area contributed by atoms with Crippen LogP contribution in [0, 0.1) is 0 Å².